The number of pyridine rings is 2. The van der Waals surface area contributed by atoms with Gasteiger partial charge in [-0.2, -0.15) is 5.10 Å². The summed E-state index contributed by atoms with van der Waals surface area (Å²) in [4.78, 5) is 8.70. The van der Waals surface area contributed by atoms with Crippen LogP contribution >= 0.6 is 0 Å². The topological polar surface area (TPSA) is 55.6 Å². The minimum atomic E-state index is 0.845. The molecule has 0 fully saturated rings. The Kier molecular flexibility index (Phi) is 4.04. The second-order valence-electron chi connectivity index (χ2n) is 5.59. The van der Waals surface area contributed by atoms with Crippen LogP contribution in [0.5, 0.6) is 0 Å². The quantitative estimate of drug-likeness (QED) is 0.773. The third-order valence-electron chi connectivity index (χ3n) is 3.86. The summed E-state index contributed by atoms with van der Waals surface area (Å²) < 4.78 is 2.05. The predicted octanol–water partition coefficient (Wildman–Crippen LogP) is 3.99. The molecule has 0 radical (unpaired) electrons. The maximum Gasteiger partial charge on any atom is 0.141 e. The Bertz CT molecular complexity index is 771. The lowest BCUT2D eigenvalue weighted by Crippen LogP contribution is -2.01. The molecule has 0 saturated heterocycles. The van der Waals surface area contributed by atoms with Crippen LogP contribution in [-0.2, 0) is 6.54 Å². The third-order valence-corrected chi connectivity index (χ3v) is 3.86. The number of hydrogen-bond donors (Lipinski definition) is 1. The average molecular weight is 295 g/mol. The number of unbranched alkanes of at least 4 members (excludes halogenated alkanes) is 1. The summed E-state index contributed by atoms with van der Waals surface area (Å²) in [6.07, 6.45) is 9.74. The molecular weight excluding hydrogens is 274 g/mol. The number of fused-ring (bicyclic) bond motifs is 1. The Hall–Kier alpha value is -2.43. The molecule has 1 N–H and O–H groups in total. The van der Waals surface area contributed by atoms with E-state index in [1.165, 1.54) is 0 Å². The summed E-state index contributed by atoms with van der Waals surface area (Å²) in [5, 5.41) is 9.00. The molecule has 0 spiro atoms. The van der Waals surface area contributed by atoms with E-state index in [4.69, 9.17) is 0 Å². The molecule has 3 rings (SSSR count). The molecule has 114 valence electrons. The minimum Gasteiger partial charge on any atom is -0.339 e. The molecule has 3 aromatic rings. The minimum absolute atomic E-state index is 0.845. The molecule has 3 aromatic heterocycles. The van der Waals surface area contributed by atoms with Crippen LogP contribution in [0.3, 0.4) is 0 Å². The van der Waals surface area contributed by atoms with Crippen molar-refractivity contribution in [3.05, 3.63) is 42.0 Å². The summed E-state index contributed by atoms with van der Waals surface area (Å²) in [6, 6.07) is 2.02. The van der Waals surface area contributed by atoms with Crippen molar-refractivity contribution >= 4 is 22.4 Å². The van der Waals surface area contributed by atoms with Crippen molar-refractivity contribution in [2.75, 3.05) is 5.32 Å². The summed E-state index contributed by atoms with van der Waals surface area (Å²) in [7, 11) is 0. The Morgan fingerprint density at radius 3 is 2.64 bits per heavy atom. The Labute approximate surface area is 130 Å². The first kappa shape index (κ1) is 14.5. The highest BCUT2D eigenvalue weighted by Gasteiger charge is 2.10. The lowest BCUT2D eigenvalue weighted by atomic mass is 10.1. The largest absolute Gasteiger partial charge is 0.339 e. The van der Waals surface area contributed by atoms with Crippen LogP contribution < -0.4 is 5.32 Å². The van der Waals surface area contributed by atoms with E-state index in [-0.39, 0.29) is 0 Å². The number of nitrogens with zero attached hydrogens (tertiary/aromatic N) is 4. The zero-order valence-electron chi connectivity index (χ0n) is 13.3. The molecule has 0 aliphatic heterocycles. The van der Waals surface area contributed by atoms with Gasteiger partial charge in [0.15, 0.2) is 0 Å². The summed E-state index contributed by atoms with van der Waals surface area (Å²) in [6.45, 7) is 7.23. The van der Waals surface area contributed by atoms with Crippen molar-refractivity contribution < 1.29 is 0 Å². The normalized spacial score (nSPS) is 11.0. The zero-order valence-corrected chi connectivity index (χ0v) is 13.3. The highest BCUT2D eigenvalue weighted by atomic mass is 15.3. The van der Waals surface area contributed by atoms with Crippen molar-refractivity contribution in [2.45, 2.75) is 40.2 Å². The molecule has 0 amide bonds. The van der Waals surface area contributed by atoms with Crippen molar-refractivity contribution in [3.8, 4) is 0 Å². The molecule has 0 aromatic carbocycles. The van der Waals surface area contributed by atoms with Gasteiger partial charge in [0.05, 0.1) is 17.1 Å². The second-order valence-corrected chi connectivity index (χ2v) is 5.59. The third kappa shape index (κ3) is 2.66. The molecule has 0 atom stereocenters. The van der Waals surface area contributed by atoms with Crippen molar-refractivity contribution in [1.29, 1.82) is 0 Å². The van der Waals surface area contributed by atoms with Gasteiger partial charge in [-0.05, 0) is 37.5 Å². The van der Waals surface area contributed by atoms with Crippen molar-refractivity contribution in [2.24, 2.45) is 0 Å². The van der Waals surface area contributed by atoms with E-state index in [9.17, 15) is 0 Å². The number of rotatable bonds is 5. The number of nitrogens with one attached hydrogen (secondary N) is 1. The Morgan fingerprint density at radius 2 is 1.91 bits per heavy atom. The highest BCUT2D eigenvalue weighted by Crippen LogP contribution is 2.27. The van der Waals surface area contributed by atoms with E-state index in [1.807, 2.05) is 44.7 Å². The van der Waals surface area contributed by atoms with E-state index >= 15 is 0 Å². The smallest absolute Gasteiger partial charge is 0.141 e. The van der Waals surface area contributed by atoms with E-state index < -0.39 is 0 Å². The van der Waals surface area contributed by atoms with Gasteiger partial charge in [-0.3, -0.25) is 9.67 Å². The van der Waals surface area contributed by atoms with Crippen LogP contribution in [0.1, 0.15) is 30.9 Å². The van der Waals surface area contributed by atoms with Gasteiger partial charge in [-0.15, -0.1) is 0 Å². The number of aryl methyl sites for hydroxylation is 3. The standard InChI is InChI=1S/C17H21N5/c1-4-5-8-22-15-6-7-19-17(14(15)11-20-22)21-16-12(2)9-18-10-13(16)3/h6-7,9-11H,4-5,8H2,1-3H3,(H,18,19,21). The predicted molar refractivity (Wildman–Crippen MR) is 89.4 cm³/mol. The lowest BCUT2D eigenvalue weighted by molar-refractivity contribution is 0.588. The average Bonchev–Trinajstić information content (AvgIpc) is 2.93. The molecule has 5 heteroatoms. The first-order chi connectivity index (χ1) is 10.7. The SMILES string of the molecule is CCCCn1ncc2c(Nc3c(C)cncc3C)nccc21. The van der Waals surface area contributed by atoms with Gasteiger partial charge in [0.25, 0.3) is 0 Å². The Morgan fingerprint density at radius 1 is 1.14 bits per heavy atom. The monoisotopic (exact) mass is 295 g/mol. The van der Waals surface area contributed by atoms with E-state index in [0.29, 0.717) is 0 Å². The first-order valence-electron chi connectivity index (χ1n) is 7.69. The van der Waals surface area contributed by atoms with Crippen LogP contribution in [0.4, 0.5) is 11.5 Å². The van der Waals surface area contributed by atoms with Gasteiger partial charge in [0.2, 0.25) is 0 Å². The molecule has 0 saturated carbocycles. The Balaban J connectivity index is 1.99. The van der Waals surface area contributed by atoms with Crippen molar-refractivity contribution in [1.82, 2.24) is 19.7 Å². The summed E-state index contributed by atoms with van der Waals surface area (Å²) >= 11 is 0. The molecule has 0 bridgehead atoms. The zero-order chi connectivity index (χ0) is 15.5. The van der Waals surface area contributed by atoms with Crippen LogP contribution in [0.2, 0.25) is 0 Å². The number of anilines is 2. The van der Waals surface area contributed by atoms with E-state index in [2.05, 4.69) is 32.0 Å². The van der Waals surface area contributed by atoms with Crippen LogP contribution in [-0.4, -0.2) is 19.7 Å². The first-order valence-corrected chi connectivity index (χ1v) is 7.69. The molecule has 5 nitrogen and oxygen atoms in total. The lowest BCUT2D eigenvalue weighted by Gasteiger charge is -2.12. The maximum atomic E-state index is 4.50. The van der Waals surface area contributed by atoms with E-state index in [1.54, 1.807) is 0 Å². The maximum absolute atomic E-state index is 4.50. The van der Waals surface area contributed by atoms with Gasteiger partial charge in [0.1, 0.15) is 5.82 Å². The molecule has 0 aliphatic carbocycles. The summed E-state index contributed by atoms with van der Waals surface area (Å²) in [5.74, 6) is 0.845. The fraction of sp³-hybridized carbons (Fsp3) is 0.353. The number of aromatic nitrogens is 4. The molecule has 0 unspecified atom stereocenters. The molecule has 0 aliphatic rings. The van der Waals surface area contributed by atoms with E-state index in [0.717, 1.165) is 52.9 Å². The fourth-order valence-corrected chi connectivity index (χ4v) is 2.61. The van der Waals surface area contributed by atoms with Crippen LogP contribution in [0.15, 0.2) is 30.9 Å². The van der Waals surface area contributed by atoms with Gasteiger partial charge in [0, 0.05) is 30.8 Å². The number of hydrogen-bond acceptors (Lipinski definition) is 4. The van der Waals surface area contributed by atoms with Crippen molar-refractivity contribution in [3.63, 3.8) is 0 Å². The van der Waals surface area contributed by atoms with Gasteiger partial charge in [-0.1, -0.05) is 13.3 Å². The molecular formula is C17H21N5. The molecule has 3 heterocycles. The van der Waals surface area contributed by atoms with Crippen LogP contribution in [0, 0.1) is 13.8 Å². The van der Waals surface area contributed by atoms with Gasteiger partial charge < -0.3 is 5.32 Å². The van der Waals surface area contributed by atoms with Gasteiger partial charge in [-0.25, -0.2) is 4.98 Å². The highest BCUT2D eigenvalue weighted by molar-refractivity contribution is 5.91. The molecule has 22 heavy (non-hydrogen) atoms. The van der Waals surface area contributed by atoms with Gasteiger partial charge >= 0.3 is 0 Å². The second kappa shape index (κ2) is 6.13. The van der Waals surface area contributed by atoms with Crippen LogP contribution in [0.25, 0.3) is 10.9 Å². The fourth-order valence-electron chi connectivity index (χ4n) is 2.61. The summed E-state index contributed by atoms with van der Waals surface area (Å²) in [5.41, 5.74) is 4.40.